The van der Waals surface area contributed by atoms with Crippen molar-refractivity contribution in [2.45, 2.75) is 31.1 Å². The zero-order valence-corrected chi connectivity index (χ0v) is 19.8. The lowest BCUT2D eigenvalue weighted by molar-refractivity contribution is 0.0725. The summed E-state index contributed by atoms with van der Waals surface area (Å²) >= 11 is 0. The zero-order valence-electron chi connectivity index (χ0n) is 19.0. The van der Waals surface area contributed by atoms with E-state index in [1.807, 2.05) is 19.1 Å². The molecular weight excluding hydrogens is 450 g/mol. The SMILES string of the molecule is Cc1ccc(NS(=O)(=O)c2cccc(C(=O)Nc3ccccc3C(=O)N3CCCCC3)c2)cc1. The number of carbonyl (C=O) groups excluding carboxylic acids is 2. The number of sulfonamides is 1. The van der Waals surface area contributed by atoms with Crippen LogP contribution in [0.15, 0.2) is 77.7 Å². The summed E-state index contributed by atoms with van der Waals surface area (Å²) in [5, 5.41) is 2.78. The zero-order chi connectivity index (χ0) is 24.1. The number of piperidine rings is 1. The van der Waals surface area contributed by atoms with Crippen molar-refractivity contribution in [3.05, 3.63) is 89.5 Å². The van der Waals surface area contributed by atoms with Gasteiger partial charge in [0.05, 0.1) is 16.1 Å². The van der Waals surface area contributed by atoms with Crippen molar-refractivity contribution >= 4 is 33.2 Å². The van der Waals surface area contributed by atoms with E-state index >= 15 is 0 Å². The van der Waals surface area contributed by atoms with Crippen LogP contribution in [0.3, 0.4) is 0 Å². The van der Waals surface area contributed by atoms with Crippen molar-refractivity contribution in [3.63, 3.8) is 0 Å². The Labute approximate surface area is 199 Å². The number of carbonyl (C=O) groups is 2. The van der Waals surface area contributed by atoms with Crippen LogP contribution in [0.25, 0.3) is 0 Å². The highest BCUT2D eigenvalue weighted by molar-refractivity contribution is 7.92. The minimum absolute atomic E-state index is 0.0293. The fourth-order valence-corrected chi connectivity index (χ4v) is 4.98. The standard InChI is InChI=1S/C26H27N3O4S/c1-19-12-14-21(15-13-19)28-34(32,33)22-9-7-8-20(18-22)25(30)27-24-11-4-3-10-23(24)26(31)29-16-5-2-6-17-29/h3-4,7-15,18,28H,2,5-6,16-17H2,1H3,(H,27,30). The van der Waals surface area contributed by atoms with Gasteiger partial charge < -0.3 is 10.2 Å². The summed E-state index contributed by atoms with van der Waals surface area (Å²) < 4.78 is 28.2. The number of hydrogen-bond donors (Lipinski definition) is 2. The molecule has 1 heterocycles. The summed E-state index contributed by atoms with van der Waals surface area (Å²) in [7, 11) is -3.88. The first-order valence-electron chi connectivity index (χ1n) is 11.2. The monoisotopic (exact) mass is 477 g/mol. The average Bonchev–Trinajstić information content (AvgIpc) is 2.86. The van der Waals surface area contributed by atoms with Crippen molar-refractivity contribution in [2.75, 3.05) is 23.1 Å². The Bertz CT molecular complexity index is 1300. The number of hydrogen-bond acceptors (Lipinski definition) is 4. The van der Waals surface area contributed by atoms with Crippen LogP contribution in [0.2, 0.25) is 0 Å². The summed E-state index contributed by atoms with van der Waals surface area (Å²) in [4.78, 5) is 27.8. The van der Waals surface area contributed by atoms with E-state index in [0.717, 1.165) is 24.8 Å². The Morgan fingerprint density at radius 3 is 2.29 bits per heavy atom. The van der Waals surface area contributed by atoms with Crippen molar-refractivity contribution in [2.24, 2.45) is 0 Å². The maximum atomic E-state index is 13.0. The first-order valence-corrected chi connectivity index (χ1v) is 12.7. The van der Waals surface area contributed by atoms with Gasteiger partial charge in [0, 0.05) is 24.3 Å². The number of amides is 2. The largest absolute Gasteiger partial charge is 0.339 e. The number of benzene rings is 3. The summed E-state index contributed by atoms with van der Waals surface area (Å²) in [6, 6.07) is 19.7. The lowest BCUT2D eigenvalue weighted by Crippen LogP contribution is -2.36. The number of likely N-dealkylation sites (tertiary alicyclic amines) is 1. The van der Waals surface area contributed by atoms with E-state index in [1.54, 1.807) is 41.3 Å². The first-order chi connectivity index (χ1) is 16.3. The van der Waals surface area contributed by atoms with E-state index in [0.29, 0.717) is 30.0 Å². The van der Waals surface area contributed by atoms with Crippen LogP contribution in [0, 0.1) is 6.92 Å². The molecule has 7 nitrogen and oxygen atoms in total. The van der Waals surface area contributed by atoms with Crippen LogP contribution in [0.5, 0.6) is 0 Å². The highest BCUT2D eigenvalue weighted by Crippen LogP contribution is 2.22. The van der Waals surface area contributed by atoms with Gasteiger partial charge in [0.25, 0.3) is 21.8 Å². The lowest BCUT2D eigenvalue weighted by Gasteiger charge is -2.27. The van der Waals surface area contributed by atoms with Crippen LogP contribution in [0.4, 0.5) is 11.4 Å². The second-order valence-corrected chi connectivity index (χ2v) is 10.0. The Hall–Kier alpha value is -3.65. The second kappa shape index (κ2) is 10.1. The van der Waals surface area contributed by atoms with Gasteiger partial charge in [-0.05, 0) is 68.7 Å². The molecule has 0 saturated carbocycles. The van der Waals surface area contributed by atoms with Gasteiger partial charge in [0.1, 0.15) is 0 Å². The molecule has 1 saturated heterocycles. The van der Waals surface area contributed by atoms with Crippen molar-refractivity contribution < 1.29 is 18.0 Å². The molecule has 34 heavy (non-hydrogen) atoms. The Morgan fingerprint density at radius 2 is 1.56 bits per heavy atom. The predicted molar refractivity (Wildman–Crippen MR) is 133 cm³/mol. The molecule has 4 rings (SSSR count). The van der Waals surface area contributed by atoms with Gasteiger partial charge >= 0.3 is 0 Å². The van der Waals surface area contributed by atoms with Gasteiger partial charge in [0.2, 0.25) is 0 Å². The maximum absolute atomic E-state index is 13.0. The van der Waals surface area contributed by atoms with Gasteiger partial charge in [-0.2, -0.15) is 0 Å². The van der Waals surface area contributed by atoms with E-state index in [2.05, 4.69) is 10.0 Å². The molecule has 0 bridgehead atoms. The normalized spacial score (nSPS) is 13.9. The van der Waals surface area contributed by atoms with E-state index < -0.39 is 15.9 Å². The molecule has 2 amide bonds. The number of nitrogens with zero attached hydrogens (tertiary/aromatic N) is 1. The molecule has 8 heteroatoms. The maximum Gasteiger partial charge on any atom is 0.261 e. The molecular formula is C26H27N3O4S. The minimum atomic E-state index is -3.88. The first kappa shape index (κ1) is 23.5. The van der Waals surface area contributed by atoms with Crippen molar-refractivity contribution in [1.82, 2.24) is 4.90 Å². The van der Waals surface area contributed by atoms with Gasteiger partial charge in [0.15, 0.2) is 0 Å². The third kappa shape index (κ3) is 5.46. The Morgan fingerprint density at radius 1 is 0.853 bits per heavy atom. The molecule has 176 valence electrons. The van der Waals surface area contributed by atoms with E-state index in [9.17, 15) is 18.0 Å². The minimum Gasteiger partial charge on any atom is -0.339 e. The fraction of sp³-hybridized carbons (Fsp3) is 0.231. The molecule has 3 aromatic carbocycles. The Balaban J connectivity index is 1.53. The lowest BCUT2D eigenvalue weighted by atomic mass is 10.1. The van der Waals surface area contributed by atoms with Crippen molar-refractivity contribution in [3.8, 4) is 0 Å². The van der Waals surface area contributed by atoms with E-state index in [1.165, 1.54) is 24.3 Å². The van der Waals surface area contributed by atoms with E-state index in [-0.39, 0.29) is 16.4 Å². The molecule has 0 spiro atoms. The van der Waals surface area contributed by atoms with Crippen LogP contribution in [-0.2, 0) is 10.0 Å². The summed E-state index contributed by atoms with van der Waals surface area (Å²) in [5.74, 6) is -0.611. The molecule has 0 aromatic heterocycles. The topological polar surface area (TPSA) is 95.6 Å². The third-order valence-corrected chi connectivity index (χ3v) is 7.14. The molecule has 1 fully saturated rings. The van der Waals surface area contributed by atoms with E-state index in [4.69, 9.17) is 0 Å². The van der Waals surface area contributed by atoms with Crippen LogP contribution in [0.1, 0.15) is 45.5 Å². The highest BCUT2D eigenvalue weighted by atomic mass is 32.2. The average molecular weight is 478 g/mol. The second-order valence-electron chi connectivity index (χ2n) is 8.35. The number of aryl methyl sites for hydroxylation is 1. The quantitative estimate of drug-likeness (QED) is 0.539. The molecule has 1 aliphatic rings. The summed E-state index contributed by atoms with van der Waals surface area (Å²) in [5.41, 5.74) is 2.44. The molecule has 2 N–H and O–H groups in total. The van der Waals surface area contributed by atoms with Crippen LogP contribution >= 0.6 is 0 Å². The predicted octanol–water partition coefficient (Wildman–Crippen LogP) is 4.67. The number of anilines is 2. The van der Waals surface area contributed by atoms with Crippen LogP contribution in [-0.4, -0.2) is 38.2 Å². The number of nitrogens with one attached hydrogen (secondary N) is 2. The molecule has 0 aliphatic carbocycles. The van der Waals surface area contributed by atoms with Gasteiger partial charge in [-0.25, -0.2) is 8.42 Å². The summed E-state index contributed by atoms with van der Waals surface area (Å²) in [6.07, 6.45) is 3.05. The molecule has 1 aliphatic heterocycles. The van der Waals surface area contributed by atoms with Crippen LogP contribution < -0.4 is 10.0 Å². The third-order valence-electron chi connectivity index (χ3n) is 5.76. The number of para-hydroxylation sites is 1. The van der Waals surface area contributed by atoms with Gasteiger partial charge in [-0.15, -0.1) is 0 Å². The molecule has 0 unspecified atom stereocenters. The molecule has 3 aromatic rings. The molecule has 0 radical (unpaired) electrons. The van der Waals surface area contributed by atoms with Gasteiger partial charge in [-0.1, -0.05) is 35.9 Å². The Kier molecular flexibility index (Phi) is 6.98. The fourth-order valence-electron chi connectivity index (χ4n) is 3.88. The smallest absolute Gasteiger partial charge is 0.261 e. The highest BCUT2D eigenvalue weighted by Gasteiger charge is 2.22. The van der Waals surface area contributed by atoms with Crippen molar-refractivity contribution in [1.29, 1.82) is 0 Å². The number of rotatable bonds is 6. The summed E-state index contributed by atoms with van der Waals surface area (Å²) in [6.45, 7) is 3.32. The molecule has 0 atom stereocenters. The van der Waals surface area contributed by atoms with Gasteiger partial charge in [-0.3, -0.25) is 14.3 Å².